The zero-order valence-corrected chi connectivity index (χ0v) is 13.9. The average Bonchev–Trinajstić information content (AvgIpc) is 2.51. The van der Waals surface area contributed by atoms with Crippen LogP contribution in [0.2, 0.25) is 0 Å². The Morgan fingerprint density at radius 3 is 2.24 bits per heavy atom. The minimum atomic E-state index is -2.87. The Hall–Kier alpha value is -0.710. The molecule has 1 unspecified atom stereocenters. The quantitative estimate of drug-likeness (QED) is 0.404. The molecule has 1 atom stereocenters. The Morgan fingerprint density at radius 1 is 1.05 bits per heavy atom. The summed E-state index contributed by atoms with van der Waals surface area (Å²) in [5.74, 6) is 0. The van der Waals surface area contributed by atoms with Gasteiger partial charge in [0.2, 0.25) is 0 Å². The fourth-order valence-electron chi connectivity index (χ4n) is 1.18. The Labute approximate surface area is 128 Å². The molecule has 0 aliphatic rings. The zero-order chi connectivity index (χ0) is 15.8. The van der Waals surface area contributed by atoms with Crippen molar-refractivity contribution in [3.8, 4) is 0 Å². The van der Waals surface area contributed by atoms with Gasteiger partial charge in [-0.2, -0.15) is 0 Å². The topological polar surface area (TPSA) is 65.0 Å². The van der Waals surface area contributed by atoms with Crippen LogP contribution in [0.3, 0.4) is 0 Å². The van der Waals surface area contributed by atoms with Crippen molar-refractivity contribution in [3.05, 3.63) is 35.9 Å². The van der Waals surface area contributed by atoms with Gasteiger partial charge in [0.05, 0.1) is 13.2 Å². The van der Waals surface area contributed by atoms with Crippen LogP contribution in [-0.4, -0.2) is 24.9 Å². The van der Waals surface area contributed by atoms with E-state index in [-0.39, 0.29) is 6.79 Å². The van der Waals surface area contributed by atoms with Crippen molar-refractivity contribution < 1.29 is 23.5 Å². The minimum absolute atomic E-state index is 0.146. The van der Waals surface area contributed by atoms with Crippen LogP contribution >= 0.6 is 8.25 Å². The van der Waals surface area contributed by atoms with Crippen molar-refractivity contribution in [3.63, 3.8) is 0 Å². The second kappa shape index (κ2) is 15.7. The van der Waals surface area contributed by atoms with Crippen LogP contribution in [-0.2, 0) is 25.2 Å². The SMILES string of the molecule is CCCC.O=[PH](O)OCOCCCOCc1ccccc1. The van der Waals surface area contributed by atoms with E-state index in [4.69, 9.17) is 14.4 Å². The van der Waals surface area contributed by atoms with Crippen LogP contribution in [0.5, 0.6) is 0 Å². The molecule has 6 heteroatoms. The summed E-state index contributed by atoms with van der Waals surface area (Å²) in [6.45, 7) is 5.84. The van der Waals surface area contributed by atoms with Crippen molar-refractivity contribution in [2.24, 2.45) is 0 Å². The monoisotopic (exact) mass is 318 g/mol. The summed E-state index contributed by atoms with van der Waals surface area (Å²) in [4.78, 5) is 8.34. The van der Waals surface area contributed by atoms with Gasteiger partial charge in [0.25, 0.3) is 0 Å². The molecule has 0 aliphatic carbocycles. The predicted molar refractivity (Wildman–Crippen MR) is 84.4 cm³/mol. The van der Waals surface area contributed by atoms with Crippen molar-refractivity contribution >= 4 is 8.25 Å². The van der Waals surface area contributed by atoms with Gasteiger partial charge in [-0.3, -0.25) is 9.09 Å². The first-order chi connectivity index (χ1) is 10.2. The van der Waals surface area contributed by atoms with Gasteiger partial charge >= 0.3 is 8.25 Å². The van der Waals surface area contributed by atoms with Crippen molar-refractivity contribution in [1.29, 1.82) is 0 Å². The molecule has 1 N–H and O–H groups in total. The number of rotatable bonds is 10. The van der Waals surface area contributed by atoms with Crippen LogP contribution in [0.25, 0.3) is 0 Å². The highest BCUT2D eigenvalue weighted by molar-refractivity contribution is 7.32. The lowest BCUT2D eigenvalue weighted by atomic mass is 10.2. The molecule has 5 nitrogen and oxygen atoms in total. The molecule has 0 saturated heterocycles. The maximum Gasteiger partial charge on any atom is 0.318 e. The molecule has 0 fully saturated rings. The molecule has 1 rings (SSSR count). The molecular formula is C15H27O5P. The first kappa shape index (κ1) is 20.3. The van der Waals surface area contributed by atoms with Gasteiger partial charge in [-0.1, -0.05) is 57.0 Å². The normalized spacial score (nSPS) is 11.6. The van der Waals surface area contributed by atoms with E-state index < -0.39 is 8.25 Å². The molecule has 0 amide bonds. The van der Waals surface area contributed by atoms with Gasteiger partial charge in [-0.25, -0.2) is 0 Å². The van der Waals surface area contributed by atoms with E-state index >= 15 is 0 Å². The van der Waals surface area contributed by atoms with Gasteiger partial charge in [-0.05, 0) is 12.0 Å². The van der Waals surface area contributed by atoms with Gasteiger partial charge in [0, 0.05) is 6.61 Å². The Kier molecular flexibility index (Phi) is 15.1. The van der Waals surface area contributed by atoms with E-state index in [2.05, 4.69) is 18.4 Å². The smallest absolute Gasteiger partial charge is 0.318 e. The standard InChI is InChI=1S/C11H17O5P.C4H10/c12-17(13)16-10-15-8-4-7-14-9-11-5-2-1-3-6-11;1-3-4-2/h1-3,5-6,17H,4,7-10H2,(H,12,13);3-4H2,1-2H3. The Bertz CT molecular complexity index is 343. The van der Waals surface area contributed by atoms with Crippen LogP contribution in [0.4, 0.5) is 0 Å². The lowest BCUT2D eigenvalue weighted by Crippen LogP contribution is -2.02. The zero-order valence-electron chi connectivity index (χ0n) is 12.9. The molecule has 21 heavy (non-hydrogen) atoms. The first-order valence-electron chi connectivity index (χ1n) is 7.25. The molecule has 0 heterocycles. The maximum absolute atomic E-state index is 10.1. The lowest BCUT2D eigenvalue weighted by molar-refractivity contribution is 0.00157. The summed E-state index contributed by atoms with van der Waals surface area (Å²) in [5, 5.41) is 0. The van der Waals surface area contributed by atoms with Crippen LogP contribution < -0.4 is 0 Å². The number of ether oxygens (including phenoxy) is 2. The molecule has 0 aliphatic heterocycles. The summed E-state index contributed by atoms with van der Waals surface area (Å²) >= 11 is 0. The fourth-order valence-corrected chi connectivity index (χ4v) is 1.36. The number of hydrogen-bond acceptors (Lipinski definition) is 4. The van der Waals surface area contributed by atoms with E-state index in [1.165, 1.54) is 12.8 Å². The second-order valence-electron chi connectivity index (χ2n) is 4.33. The van der Waals surface area contributed by atoms with Crippen LogP contribution in [0.1, 0.15) is 38.7 Å². The van der Waals surface area contributed by atoms with E-state index in [0.717, 1.165) is 12.0 Å². The van der Waals surface area contributed by atoms with Crippen molar-refractivity contribution in [2.75, 3.05) is 20.0 Å². The van der Waals surface area contributed by atoms with Crippen LogP contribution in [0, 0.1) is 0 Å². The summed E-state index contributed by atoms with van der Waals surface area (Å²) in [6.07, 6.45) is 3.36. The summed E-state index contributed by atoms with van der Waals surface area (Å²) in [6, 6.07) is 9.91. The highest BCUT2D eigenvalue weighted by Crippen LogP contribution is 2.13. The molecule has 1 aromatic rings. The Balaban J connectivity index is 0.000000885. The summed E-state index contributed by atoms with van der Waals surface area (Å²) < 4.78 is 24.9. The van der Waals surface area contributed by atoms with E-state index in [0.29, 0.717) is 19.8 Å². The van der Waals surface area contributed by atoms with Crippen molar-refractivity contribution in [1.82, 2.24) is 0 Å². The van der Waals surface area contributed by atoms with Gasteiger partial charge in [0.1, 0.15) is 0 Å². The molecule has 0 spiro atoms. The molecule has 0 saturated carbocycles. The maximum atomic E-state index is 10.1. The molecule has 0 radical (unpaired) electrons. The molecule has 122 valence electrons. The highest BCUT2D eigenvalue weighted by atomic mass is 31.1. The third kappa shape index (κ3) is 15.5. The van der Waals surface area contributed by atoms with Crippen molar-refractivity contribution in [2.45, 2.75) is 39.7 Å². The fraction of sp³-hybridized carbons (Fsp3) is 0.600. The van der Waals surface area contributed by atoms with E-state index in [1.54, 1.807) is 0 Å². The van der Waals surface area contributed by atoms with Gasteiger partial charge in [-0.15, -0.1) is 0 Å². The Morgan fingerprint density at radius 2 is 1.67 bits per heavy atom. The van der Waals surface area contributed by atoms with Gasteiger partial charge < -0.3 is 14.4 Å². The highest BCUT2D eigenvalue weighted by Gasteiger charge is 1.94. The largest absolute Gasteiger partial charge is 0.377 e. The minimum Gasteiger partial charge on any atom is -0.377 e. The molecule has 1 aromatic carbocycles. The summed E-state index contributed by atoms with van der Waals surface area (Å²) in [5.41, 5.74) is 1.13. The lowest BCUT2D eigenvalue weighted by Gasteiger charge is -2.05. The third-order valence-electron chi connectivity index (χ3n) is 2.45. The third-order valence-corrected chi connectivity index (χ3v) is 2.82. The summed E-state index contributed by atoms with van der Waals surface area (Å²) in [7, 11) is -2.87. The predicted octanol–water partition coefficient (Wildman–Crippen LogP) is 3.77. The van der Waals surface area contributed by atoms with Gasteiger partial charge in [0.15, 0.2) is 6.79 Å². The average molecular weight is 318 g/mol. The van der Waals surface area contributed by atoms with E-state index in [1.807, 2.05) is 30.3 Å². The second-order valence-corrected chi connectivity index (χ2v) is 5.15. The number of benzene rings is 1. The molecule has 0 aromatic heterocycles. The molecule has 0 bridgehead atoms. The molecular weight excluding hydrogens is 291 g/mol. The first-order valence-corrected chi connectivity index (χ1v) is 8.52. The van der Waals surface area contributed by atoms with E-state index in [9.17, 15) is 4.57 Å². The van der Waals surface area contributed by atoms with Crippen LogP contribution in [0.15, 0.2) is 30.3 Å². The number of unbranched alkanes of at least 4 members (excludes halogenated alkanes) is 1. The number of hydrogen-bond donors (Lipinski definition) is 1.